The van der Waals surface area contributed by atoms with Gasteiger partial charge in [-0.05, 0) is 64.1 Å². The zero-order chi connectivity index (χ0) is 27.3. The number of halogens is 1. The van der Waals surface area contributed by atoms with Gasteiger partial charge in [0.2, 0.25) is 10.0 Å². The molecule has 0 atom stereocenters. The molecule has 0 radical (unpaired) electrons. The fourth-order valence-corrected chi connectivity index (χ4v) is 6.04. The Morgan fingerprint density at radius 2 is 1.69 bits per heavy atom. The Balaban J connectivity index is 0.00000420. The van der Waals surface area contributed by atoms with Crippen LogP contribution < -0.4 is 20.1 Å². The van der Waals surface area contributed by atoms with Gasteiger partial charge < -0.3 is 10.0 Å². The maximum Gasteiger partial charge on any atom is 0.243 e. The van der Waals surface area contributed by atoms with Crippen LogP contribution in [-0.4, -0.2) is 73.3 Å². The molecule has 3 aromatic rings. The van der Waals surface area contributed by atoms with E-state index in [4.69, 9.17) is 0 Å². The lowest BCUT2D eigenvalue weighted by molar-refractivity contribution is 0.189. The van der Waals surface area contributed by atoms with Gasteiger partial charge >= 0.3 is 0 Å². The molecule has 10 nitrogen and oxygen atoms in total. The van der Waals surface area contributed by atoms with Crippen molar-refractivity contribution in [2.45, 2.75) is 38.1 Å². The smallest absolute Gasteiger partial charge is 0.243 e. The molecule has 0 spiro atoms. The first-order chi connectivity index (χ1) is 18.1. The first kappa shape index (κ1) is 30.6. The maximum atomic E-state index is 13.4. The van der Waals surface area contributed by atoms with Gasteiger partial charge in [-0.1, -0.05) is 12.1 Å². The van der Waals surface area contributed by atoms with Gasteiger partial charge in [-0.15, -0.1) is 12.4 Å². The summed E-state index contributed by atoms with van der Waals surface area (Å²) in [5.74, 6) is 0.544. The van der Waals surface area contributed by atoms with Crippen molar-refractivity contribution >= 4 is 45.3 Å². The number of β-amino-alcohol motifs (C(OH)–C–C–N with tert-alkyl or cyclic N) is 1. The van der Waals surface area contributed by atoms with Gasteiger partial charge in [0.05, 0.1) is 18.0 Å². The number of para-hydroxylation sites is 1. The molecule has 0 bridgehead atoms. The van der Waals surface area contributed by atoms with E-state index in [1.165, 1.54) is 6.33 Å². The third kappa shape index (κ3) is 7.80. The zero-order valence-corrected chi connectivity index (χ0v) is 24.5. The van der Waals surface area contributed by atoms with E-state index in [1.54, 1.807) is 35.5 Å². The molecule has 212 valence electrons. The van der Waals surface area contributed by atoms with Crippen molar-refractivity contribution in [3.8, 4) is 0 Å². The second kappa shape index (κ2) is 12.9. The molecule has 1 fully saturated rings. The summed E-state index contributed by atoms with van der Waals surface area (Å²) < 4.78 is 29.6. The van der Waals surface area contributed by atoms with E-state index in [9.17, 15) is 13.5 Å². The number of nitrogens with zero attached hydrogens (tertiary/aromatic N) is 5. The summed E-state index contributed by atoms with van der Waals surface area (Å²) in [6, 6.07) is 14.9. The Hall–Kier alpha value is -2.96. The molecule has 0 aliphatic carbocycles. The van der Waals surface area contributed by atoms with Gasteiger partial charge in [0.15, 0.2) is 5.82 Å². The average molecular weight is 576 g/mol. The Labute approximate surface area is 237 Å². The average Bonchev–Trinajstić information content (AvgIpc) is 2.88. The zero-order valence-electron chi connectivity index (χ0n) is 22.8. The van der Waals surface area contributed by atoms with Crippen molar-refractivity contribution < 1.29 is 13.5 Å². The van der Waals surface area contributed by atoms with Crippen LogP contribution >= 0.6 is 12.4 Å². The third-order valence-electron chi connectivity index (χ3n) is 6.18. The molecule has 1 aliphatic rings. The molecule has 12 heteroatoms. The summed E-state index contributed by atoms with van der Waals surface area (Å²) in [7, 11) is -3.84. The van der Waals surface area contributed by atoms with Gasteiger partial charge in [-0.2, -0.15) is 0 Å². The van der Waals surface area contributed by atoms with E-state index in [0.29, 0.717) is 18.1 Å². The number of aliphatic hydroxyl groups is 1. The van der Waals surface area contributed by atoms with E-state index < -0.39 is 15.6 Å². The highest BCUT2D eigenvalue weighted by Crippen LogP contribution is 2.33. The number of aliphatic hydroxyl groups excluding tert-OH is 1. The Morgan fingerprint density at radius 1 is 1.03 bits per heavy atom. The Bertz CT molecular complexity index is 1330. The van der Waals surface area contributed by atoms with Crippen LogP contribution in [0.5, 0.6) is 0 Å². The maximum absolute atomic E-state index is 13.4. The van der Waals surface area contributed by atoms with Crippen molar-refractivity contribution in [1.29, 1.82) is 0 Å². The number of aryl methyl sites for hydroxylation is 1. The van der Waals surface area contributed by atoms with Gasteiger partial charge in [-0.3, -0.25) is 10.3 Å². The number of anilines is 4. The van der Waals surface area contributed by atoms with Crippen LogP contribution in [0.3, 0.4) is 0 Å². The lowest BCUT2D eigenvalue weighted by atomic mass is 10.1. The SMILES string of the molecule is Cc1cncnc1N(Nc1ccc(N2CCN(CCO)CC2)cc1)c1ccccc1S(=O)(=O)NC(C)(C)C.Cl. The molecular formula is C27H38ClN7O3S. The molecule has 0 saturated carbocycles. The predicted octanol–water partition coefficient (Wildman–Crippen LogP) is 3.56. The van der Waals surface area contributed by atoms with E-state index in [0.717, 1.165) is 43.1 Å². The lowest BCUT2D eigenvalue weighted by Gasteiger charge is -2.36. The van der Waals surface area contributed by atoms with E-state index in [1.807, 2.05) is 39.8 Å². The van der Waals surface area contributed by atoms with Crippen LogP contribution in [0, 0.1) is 6.92 Å². The van der Waals surface area contributed by atoms with Gasteiger partial charge in [-0.25, -0.2) is 28.1 Å². The number of nitrogens with one attached hydrogen (secondary N) is 2. The van der Waals surface area contributed by atoms with Crippen molar-refractivity contribution in [3.05, 3.63) is 66.6 Å². The summed E-state index contributed by atoms with van der Waals surface area (Å²) in [5.41, 5.74) is 5.85. The molecule has 2 aromatic carbocycles. The molecule has 1 aromatic heterocycles. The van der Waals surface area contributed by atoms with Crippen LogP contribution in [0.4, 0.5) is 22.9 Å². The minimum atomic E-state index is -3.84. The van der Waals surface area contributed by atoms with E-state index in [2.05, 4.69) is 42.0 Å². The number of sulfonamides is 1. The van der Waals surface area contributed by atoms with Crippen LogP contribution in [0.25, 0.3) is 0 Å². The van der Waals surface area contributed by atoms with Crippen LogP contribution in [0.15, 0.2) is 66.0 Å². The van der Waals surface area contributed by atoms with Crippen molar-refractivity contribution in [3.63, 3.8) is 0 Å². The van der Waals surface area contributed by atoms with Crippen LogP contribution in [0.2, 0.25) is 0 Å². The number of rotatable bonds is 9. The second-order valence-corrected chi connectivity index (χ2v) is 12.0. The van der Waals surface area contributed by atoms with Gasteiger partial charge in [0.25, 0.3) is 0 Å². The van der Waals surface area contributed by atoms with Crippen molar-refractivity contribution in [2.24, 2.45) is 0 Å². The number of piperazine rings is 1. The highest BCUT2D eigenvalue weighted by molar-refractivity contribution is 7.89. The number of benzene rings is 2. The second-order valence-electron chi connectivity index (χ2n) is 10.4. The van der Waals surface area contributed by atoms with Crippen molar-refractivity contribution in [1.82, 2.24) is 19.6 Å². The molecule has 39 heavy (non-hydrogen) atoms. The summed E-state index contributed by atoms with van der Waals surface area (Å²) in [6.07, 6.45) is 3.14. The lowest BCUT2D eigenvalue weighted by Crippen LogP contribution is -2.47. The molecule has 0 unspecified atom stereocenters. The fourth-order valence-electron chi connectivity index (χ4n) is 4.43. The molecule has 1 aliphatic heterocycles. The molecule has 4 rings (SSSR count). The first-order valence-electron chi connectivity index (χ1n) is 12.7. The summed E-state index contributed by atoms with van der Waals surface area (Å²) >= 11 is 0. The van der Waals surface area contributed by atoms with Crippen LogP contribution in [-0.2, 0) is 10.0 Å². The topological polar surface area (TPSA) is 114 Å². The molecule has 1 saturated heterocycles. The largest absolute Gasteiger partial charge is 0.395 e. The summed E-state index contributed by atoms with van der Waals surface area (Å²) in [4.78, 5) is 13.3. The number of hydrogen-bond acceptors (Lipinski definition) is 9. The number of hydrazine groups is 1. The molecule has 2 heterocycles. The third-order valence-corrected chi connectivity index (χ3v) is 7.98. The Kier molecular flexibility index (Phi) is 10.1. The van der Waals surface area contributed by atoms with Gasteiger partial charge in [0.1, 0.15) is 11.2 Å². The van der Waals surface area contributed by atoms with E-state index in [-0.39, 0.29) is 23.9 Å². The molecular weight excluding hydrogens is 538 g/mol. The number of hydrogen-bond donors (Lipinski definition) is 3. The van der Waals surface area contributed by atoms with E-state index >= 15 is 0 Å². The standard InChI is InChI=1S/C27H37N7O3S.ClH/c1-21-19-28-20-29-26(21)34(24-7-5-6-8-25(24)38(36,37)31-27(2,3)4)30-22-9-11-23(12-10-22)33-15-13-32(14-16-33)17-18-35;/h5-12,19-20,30-31,35H,13-18H2,1-4H3;1H. The summed E-state index contributed by atoms with van der Waals surface area (Å²) in [6.45, 7) is 11.8. The van der Waals surface area contributed by atoms with Crippen molar-refractivity contribution in [2.75, 3.05) is 54.7 Å². The highest BCUT2D eigenvalue weighted by Gasteiger charge is 2.28. The normalized spacial score (nSPS) is 14.5. The first-order valence-corrected chi connectivity index (χ1v) is 14.2. The number of aromatic nitrogens is 2. The minimum Gasteiger partial charge on any atom is -0.395 e. The predicted molar refractivity (Wildman–Crippen MR) is 158 cm³/mol. The van der Waals surface area contributed by atoms with Gasteiger partial charge in [0, 0.05) is 55.7 Å². The minimum absolute atomic E-state index is 0. The molecule has 3 N–H and O–H groups in total. The quantitative estimate of drug-likeness (QED) is 0.329. The summed E-state index contributed by atoms with van der Waals surface area (Å²) in [5, 5.41) is 10.9. The fraction of sp³-hybridized carbons (Fsp3) is 0.407. The Morgan fingerprint density at radius 3 is 2.31 bits per heavy atom. The van der Waals surface area contributed by atoms with Crippen LogP contribution in [0.1, 0.15) is 26.3 Å². The monoisotopic (exact) mass is 575 g/mol. The highest BCUT2D eigenvalue weighted by atomic mass is 35.5. The molecule has 0 amide bonds.